The van der Waals surface area contributed by atoms with Crippen molar-refractivity contribution in [3.05, 3.63) is 57.3 Å². The number of benzene rings is 1. The first-order valence-corrected chi connectivity index (χ1v) is 9.21. The van der Waals surface area contributed by atoms with E-state index in [9.17, 15) is 4.79 Å². The smallest absolute Gasteiger partial charge is 0.329 e. The fraction of sp³-hybridized carbons (Fsp3) is 0.211. The van der Waals surface area contributed by atoms with Crippen LogP contribution in [-0.4, -0.2) is 26.2 Å². The van der Waals surface area contributed by atoms with E-state index >= 15 is 0 Å². The first-order valence-electron chi connectivity index (χ1n) is 8.42. The monoisotopic (exact) mass is 426 g/mol. The number of rotatable bonds is 2. The molecule has 0 saturated carbocycles. The highest BCUT2D eigenvalue weighted by Gasteiger charge is 2.29. The summed E-state index contributed by atoms with van der Waals surface area (Å²) < 4.78 is 15.9. The summed E-state index contributed by atoms with van der Waals surface area (Å²) in [7, 11) is 3.35. The second-order valence-corrected chi connectivity index (χ2v) is 7.21. The molecule has 0 saturated heterocycles. The van der Waals surface area contributed by atoms with Gasteiger partial charge in [0.1, 0.15) is 16.0 Å². The summed E-state index contributed by atoms with van der Waals surface area (Å²) in [5.41, 5.74) is 2.92. The second kappa shape index (κ2) is 5.82. The van der Waals surface area contributed by atoms with Gasteiger partial charge in [-0.15, -0.1) is 0 Å². The quantitative estimate of drug-likeness (QED) is 0.492. The van der Waals surface area contributed by atoms with Crippen LogP contribution < -0.4 is 15.2 Å². The minimum Gasteiger partial charge on any atom is -0.495 e. The van der Waals surface area contributed by atoms with Crippen LogP contribution in [0.25, 0.3) is 21.9 Å². The predicted molar refractivity (Wildman–Crippen MR) is 104 cm³/mol. The van der Waals surface area contributed by atoms with Gasteiger partial charge >= 0.3 is 5.69 Å². The molecule has 1 aliphatic heterocycles. The lowest BCUT2D eigenvalue weighted by Crippen LogP contribution is -2.26. The van der Waals surface area contributed by atoms with Gasteiger partial charge in [-0.05, 0) is 28.1 Å². The van der Waals surface area contributed by atoms with E-state index in [4.69, 9.17) is 9.47 Å². The third-order valence-corrected chi connectivity index (χ3v) is 5.72. The van der Waals surface area contributed by atoms with Crippen molar-refractivity contribution in [1.82, 2.24) is 19.1 Å². The molecule has 0 bridgehead atoms. The third kappa shape index (κ3) is 2.22. The minimum absolute atomic E-state index is 0.108. The van der Waals surface area contributed by atoms with Gasteiger partial charge in [0.15, 0.2) is 6.10 Å². The van der Waals surface area contributed by atoms with Gasteiger partial charge in [0.25, 0.3) is 0 Å². The third-order valence-electron chi connectivity index (χ3n) is 4.97. The Kier molecular flexibility index (Phi) is 3.51. The lowest BCUT2D eigenvalue weighted by molar-refractivity contribution is 0.182. The molecule has 4 aromatic rings. The van der Waals surface area contributed by atoms with Crippen LogP contribution in [0.3, 0.4) is 0 Å². The molecular formula is C19H15BrN4O3. The average molecular weight is 427 g/mol. The molecule has 1 atom stereocenters. The molecule has 0 aliphatic carbocycles. The molecule has 27 heavy (non-hydrogen) atoms. The molecule has 1 unspecified atom stereocenters. The Morgan fingerprint density at radius 2 is 2.19 bits per heavy atom. The SMILES string of the molecule is COc1cc2ncc3c4c2c(c1Br)OC(c1ccccn1)Cn4c(=O)n3C. The fourth-order valence-electron chi connectivity index (χ4n) is 3.64. The molecule has 3 aromatic heterocycles. The van der Waals surface area contributed by atoms with E-state index in [1.807, 2.05) is 24.3 Å². The highest BCUT2D eigenvalue weighted by Crippen LogP contribution is 2.46. The lowest BCUT2D eigenvalue weighted by atomic mass is 10.1. The van der Waals surface area contributed by atoms with E-state index in [1.54, 1.807) is 35.7 Å². The van der Waals surface area contributed by atoms with E-state index in [0.29, 0.717) is 28.0 Å². The van der Waals surface area contributed by atoms with Crippen LogP contribution in [0.5, 0.6) is 11.5 Å². The molecule has 4 heterocycles. The molecule has 1 aromatic carbocycles. The molecule has 5 rings (SSSR count). The maximum Gasteiger partial charge on any atom is 0.329 e. The van der Waals surface area contributed by atoms with Crippen molar-refractivity contribution < 1.29 is 9.47 Å². The molecule has 0 radical (unpaired) electrons. The number of aryl methyl sites for hydroxylation is 1. The van der Waals surface area contributed by atoms with Gasteiger partial charge < -0.3 is 9.47 Å². The summed E-state index contributed by atoms with van der Waals surface area (Å²) in [6.07, 6.45) is 3.01. The summed E-state index contributed by atoms with van der Waals surface area (Å²) in [6, 6.07) is 7.50. The van der Waals surface area contributed by atoms with Gasteiger partial charge in [0.05, 0.1) is 47.5 Å². The van der Waals surface area contributed by atoms with Crippen molar-refractivity contribution in [2.24, 2.45) is 7.05 Å². The molecule has 1 aliphatic rings. The standard InChI is InChI=1S/C19H15BrN4O3/c1-23-12-8-22-11-7-13(26-2)16(20)18-15(11)17(12)24(19(23)25)9-14(27-18)10-5-3-4-6-21-10/h3-8,14H,9H2,1-2H3. The number of imidazole rings is 1. The second-order valence-electron chi connectivity index (χ2n) is 6.42. The zero-order chi connectivity index (χ0) is 18.7. The zero-order valence-electron chi connectivity index (χ0n) is 14.6. The number of pyridine rings is 2. The number of hydrogen-bond donors (Lipinski definition) is 0. The van der Waals surface area contributed by atoms with Crippen molar-refractivity contribution in [2.75, 3.05) is 7.11 Å². The van der Waals surface area contributed by atoms with E-state index in [2.05, 4.69) is 25.9 Å². The summed E-state index contributed by atoms with van der Waals surface area (Å²) in [5, 5.41) is 0.788. The molecule has 7 nitrogen and oxygen atoms in total. The summed E-state index contributed by atoms with van der Waals surface area (Å²) in [6.45, 7) is 0.357. The van der Waals surface area contributed by atoms with Crippen LogP contribution in [0.15, 0.2) is 45.9 Å². The number of nitrogens with zero attached hydrogens (tertiary/aromatic N) is 4. The number of hydrogen-bond acceptors (Lipinski definition) is 5. The van der Waals surface area contributed by atoms with Crippen molar-refractivity contribution in [2.45, 2.75) is 12.6 Å². The predicted octanol–water partition coefficient (Wildman–Crippen LogP) is 3.19. The number of ether oxygens (including phenoxy) is 2. The summed E-state index contributed by atoms with van der Waals surface area (Å²) >= 11 is 3.61. The van der Waals surface area contributed by atoms with Crippen LogP contribution in [0.2, 0.25) is 0 Å². The van der Waals surface area contributed by atoms with Crippen LogP contribution in [-0.2, 0) is 13.6 Å². The van der Waals surface area contributed by atoms with Crippen LogP contribution in [0.1, 0.15) is 11.8 Å². The Bertz CT molecular complexity index is 1260. The van der Waals surface area contributed by atoms with E-state index in [0.717, 1.165) is 22.1 Å². The Hall–Kier alpha value is -2.87. The first-order chi connectivity index (χ1) is 13.1. The van der Waals surface area contributed by atoms with Gasteiger partial charge in [0.2, 0.25) is 0 Å². The molecule has 0 fully saturated rings. The first kappa shape index (κ1) is 16.3. The van der Waals surface area contributed by atoms with Crippen LogP contribution in [0, 0.1) is 0 Å². The topological polar surface area (TPSA) is 71.2 Å². The van der Waals surface area contributed by atoms with Gasteiger partial charge in [0, 0.05) is 19.3 Å². The molecular weight excluding hydrogens is 412 g/mol. The maximum absolute atomic E-state index is 12.9. The van der Waals surface area contributed by atoms with E-state index < -0.39 is 6.10 Å². The molecule has 0 amide bonds. The van der Waals surface area contributed by atoms with Crippen molar-refractivity contribution in [3.8, 4) is 11.5 Å². The Balaban J connectivity index is 1.92. The Morgan fingerprint density at radius 3 is 2.93 bits per heavy atom. The van der Waals surface area contributed by atoms with Gasteiger partial charge in [-0.3, -0.25) is 19.1 Å². The highest BCUT2D eigenvalue weighted by molar-refractivity contribution is 9.10. The number of halogens is 1. The van der Waals surface area contributed by atoms with E-state index in [-0.39, 0.29) is 5.69 Å². The van der Waals surface area contributed by atoms with Gasteiger partial charge in [-0.2, -0.15) is 0 Å². The maximum atomic E-state index is 12.9. The minimum atomic E-state index is -0.423. The highest BCUT2D eigenvalue weighted by atomic mass is 79.9. The largest absolute Gasteiger partial charge is 0.495 e. The number of methoxy groups -OCH3 is 1. The van der Waals surface area contributed by atoms with Crippen LogP contribution in [0.4, 0.5) is 0 Å². The van der Waals surface area contributed by atoms with Gasteiger partial charge in [-0.25, -0.2) is 4.79 Å². The van der Waals surface area contributed by atoms with Gasteiger partial charge in [-0.1, -0.05) is 6.07 Å². The lowest BCUT2D eigenvalue weighted by Gasteiger charge is -2.19. The van der Waals surface area contributed by atoms with Crippen LogP contribution >= 0.6 is 15.9 Å². The van der Waals surface area contributed by atoms with E-state index in [1.165, 1.54) is 0 Å². The van der Waals surface area contributed by atoms with Crippen molar-refractivity contribution in [1.29, 1.82) is 0 Å². The molecule has 0 N–H and O–H groups in total. The average Bonchev–Trinajstić information content (AvgIpc) is 2.85. The Labute approximate surface area is 162 Å². The van der Waals surface area contributed by atoms with Crippen molar-refractivity contribution >= 4 is 37.9 Å². The zero-order valence-corrected chi connectivity index (χ0v) is 16.2. The number of aromatic nitrogens is 4. The summed E-state index contributed by atoms with van der Waals surface area (Å²) in [4.78, 5) is 21.9. The summed E-state index contributed by atoms with van der Waals surface area (Å²) in [5.74, 6) is 1.23. The fourth-order valence-corrected chi connectivity index (χ4v) is 4.21. The normalized spacial score (nSPS) is 15.9. The molecule has 0 spiro atoms. The van der Waals surface area contributed by atoms with Crippen molar-refractivity contribution in [3.63, 3.8) is 0 Å². The molecule has 136 valence electrons. The Morgan fingerprint density at radius 1 is 1.33 bits per heavy atom. The molecule has 8 heteroatoms.